The number of pyridine rings is 2. The fourth-order valence-electron chi connectivity index (χ4n) is 14.1. The number of hydrogen-bond donors (Lipinski definition) is 2. The van der Waals surface area contributed by atoms with Crippen molar-refractivity contribution in [3.63, 3.8) is 0 Å². The number of fused-ring (bicyclic) bond motifs is 2. The normalized spacial score (nSPS) is 16.9. The number of methoxy groups -OCH3 is 4. The maximum absolute atomic E-state index is 15.6. The quantitative estimate of drug-likeness (QED) is 0.0540. The molecule has 4 aliphatic heterocycles. The number of nitrogens with one attached hydrogen (secondary N) is 2. The fraction of sp³-hybridized carbons (Fsp3) is 0.307. The predicted octanol–water partition coefficient (Wildman–Crippen LogP) is 9.84. The van der Waals surface area contributed by atoms with Gasteiger partial charge in [-0.25, -0.2) is 0 Å². The van der Waals surface area contributed by atoms with Crippen molar-refractivity contribution >= 4 is 46.8 Å². The van der Waals surface area contributed by atoms with Gasteiger partial charge in [0.2, 0.25) is 11.8 Å². The zero-order valence-electron chi connectivity index (χ0n) is 54.2. The van der Waals surface area contributed by atoms with E-state index in [9.17, 15) is 4.79 Å². The van der Waals surface area contributed by atoms with Crippen LogP contribution in [0, 0.1) is 0 Å². The summed E-state index contributed by atoms with van der Waals surface area (Å²) in [6.07, 6.45) is 6.21. The van der Waals surface area contributed by atoms with Gasteiger partial charge in [-0.3, -0.25) is 58.3 Å². The minimum Gasteiger partial charge on any atom is -0.493 e. The molecule has 2 saturated heterocycles. The molecule has 20 nitrogen and oxygen atoms in total. The molecule has 6 unspecified atom stereocenters. The fourth-order valence-corrected chi connectivity index (χ4v) is 14.1. The molecule has 0 aliphatic carbocycles. The molecule has 6 amide bonds. The van der Waals surface area contributed by atoms with Gasteiger partial charge < -0.3 is 39.4 Å². The van der Waals surface area contributed by atoms with E-state index in [1.54, 1.807) is 91.3 Å². The second-order valence-corrected chi connectivity index (χ2v) is 24.2. The van der Waals surface area contributed by atoms with Gasteiger partial charge in [-0.15, -0.1) is 0 Å². The molecule has 4 aliphatic rings. The number of rotatable bonds is 24. The lowest BCUT2D eigenvalue weighted by Gasteiger charge is -2.39. The van der Waals surface area contributed by atoms with Crippen LogP contribution in [0.25, 0.3) is 0 Å². The van der Waals surface area contributed by atoms with E-state index in [1.165, 1.54) is 61.8 Å². The summed E-state index contributed by atoms with van der Waals surface area (Å²) in [6.45, 7) is 9.50. The SMILES string of the molecule is COc1ccc(C(CCNC(=O)C(c2ccncc2)C(C(=O)NCC(c2ccc(OC)c(OC)c2)N2C(=O)c3cccc(N4CCN(C(C)c5ccccc5)CC4)c3C2=O)c2ccncc2)N2C(=O)c3cccc(N4CCN(C(C)c5ccccc5)CC4)c3C2=O)cc1OC. The third-order valence-corrected chi connectivity index (χ3v) is 19.2. The van der Waals surface area contributed by atoms with E-state index in [-0.39, 0.29) is 48.3 Å². The lowest BCUT2D eigenvalue weighted by atomic mass is 9.80. The number of amides is 6. The summed E-state index contributed by atoms with van der Waals surface area (Å²) >= 11 is 0. The van der Waals surface area contributed by atoms with Crippen molar-refractivity contribution < 1.29 is 47.7 Å². The molecule has 488 valence electrons. The number of carbonyl (C=O) groups is 6. The van der Waals surface area contributed by atoms with Crippen molar-refractivity contribution in [3.8, 4) is 23.0 Å². The minimum absolute atomic E-state index is 0.0475. The van der Waals surface area contributed by atoms with Gasteiger partial charge in [0.1, 0.15) is 0 Å². The molecule has 12 rings (SSSR count). The highest BCUT2D eigenvalue weighted by molar-refractivity contribution is 6.25. The molecule has 2 N–H and O–H groups in total. The molecule has 6 atom stereocenters. The molecule has 0 spiro atoms. The second-order valence-electron chi connectivity index (χ2n) is 24.2. The third kappa shape index (κ3) is 13.0. The zero-order chi connectivity index (χ0) is 66.3. The number of piperazine rings is 2. The first kappa shape index (κ1) is 64.7. The van der Waals surface area contributed by atoms with E-state index < -0.39 is 59.4 Å². The highest BCUT2D eigenvalue weighted by atomic mass is 16.5. The van der Waals surface area contributed by atoms with Crippen LogP contribution in [0.2, 0.25) is 0 Å². The molecule has 0 radical (unpaired) electrons. The van der Waals surface area contributed by atoms with Gasteiger partial charge in [0.05, 0.1) is 86.0 Å². The van der Waals surface area contributed by atoms with Crippen LogP contribution in [-0.2, 0) is 9.59 Å². The Kier molecular flexibility index (Phi) is 19.6. The van der Waals surface area contributed by atoms with Gasteiger partial charge in [0.15, 0.2) is 23.0 Å². The Labute approximate surface area is 553 Å². The molecule has 0 bridgehead atoms. The predicted molar refractivity (Wildman–Crippen MR) is 360 cm³/mol. The first-order chi connectivity index (χ1) is 46.3. The van der Waals surface area contributed by atoms with E-state index >= 15 is 24.0 Å². The summed E-state index contributed by atoms with van der Waals surface area (Å²) < 4.78 is 22.8. The van der Waals surface area contributed by atoms with Gasteiger partial charge >= 0.3 is 0 Å². The molecule has 8 aromatic rings. The largest absolute Gasteiger partial charge is 0.493 e. The van der Waals surface area contributed by atoms with Gasteiger partial charge in [0, 0.05) is 102 Å². The maximum Gasteiger partial charge on any atom is 0.264 e. The van der Waals surface area contributed by atoms with Crippen molar-refractivity contribution in [2.24, 2.45) is 0 Å². The zero-order valence-corrected chi connectivity index (χ0v) is 54.2. The van der Waals surface area contributed by atoms with E-state index in [4.69, 9.17) is 18.9 Å². The van der Waals surface area contributed by atoms with Crippen molar-refractivity contribution in [1.29, 1.82) is 0 Å². The number of hydrogen-bond acceptors (Lipinski definition) is 16. The van der Waals surface area contributed by atoms with Crippen LogP contribution in [0.5, 0.6) is 23.0 Å². The third-order valence-electron chi connectivity index (χ3n) is 19.2. The van der Waals surface area contributed by atoms with Crippen molar-refractivity contribution in [2.75, 3.05) is 104 Å². The summed E-state index contributed by atoms with van der Waals surface area (Å²) in [5.41, 5.74) is 6.82. The Morgan fingerprint density at radius 1 is 0.421 bits per heavy atom. The van der Waals surface area contributed by atoms with Crippen LogP contribution < -0.4 is 39.4 Å². The number of carbonyl (C=O) groups excluding carboxylic acids is 6. The molecular weight excluding hydrogens is 1200 g/mol. The Balaban J connectivity index is 0.818. The van der Waals surface area contributed by atoms with Gasteiger partial charge in [-0.05, 0) is 126 Å². The topological polar surface area (TPSA) is 209 Å². The maximum atomic E-state index is 15.6. The van der Waals surface area contributed by atoms with Crippen LogP contribution in [-0.4, -0.2) is 159 Å². The summed E-state index contributed by atoms with van der Waals surface area (Å²) in [4.78, 5) is 112. The van der Waals surface area contributed by atoms with Crippen LogP contribution in [0.1, 0.15) is 131 Å². The minimum atomic E-state index is -1.25. The van der Waals surface area contributed by atoms with Crippen molar-refractivity contribution in [1.82, 2.24) is 40.2 Å². The summed E-state index contributed by atoms with van der Waals surface area (Å²) in [5, 5.41) is 6.24. The van der Waals surface area contributed by atoms with E-state index in [1.807, 2.05) is 54.6 Å². The Bertz CT molecular complexity index is 4090. The Hall–Kier alpha value is -10.4. The average molecular weight is 1280 g/mol. The second kappa shape index (κ2) is 28.8. The highest BCUT2D eigenvalue weighted by Gasteiger charge is 2.46. The smallest absolute Gasteiger partial charge is 0.264 e. The Morgan fingerprint density at radius 2 is 0.821 bits per heavy atom. The molecule has 2 aromatic heterocycles. The monoisotopic (exact) mass is 1280 g/mol. The molecule has 20 heteroatoms. The average Bonchev–Trinajstić information content (AvgIpc) is 1.61. The molecular formula is C75H78N10O10. The van der Waals surface area contributed by atoms with Crippen LogP contribution >= 0.6 is 0 Å². The van der Waals surface area contributed by atoms with Crippen LogP contribution in [0.15, 0.2) is 183 Å². The van der Waals surface area contributed by atoms with Crippen LogP contribution in [0.3, 0.4) is 0 Å². The van der Waals surface area contributed by atoms with E-state index in [0.717, 1.165) is 26.2 Å². The number of anilines is 2. The number of ether oxygens (including phenoxy) is 4. The van der Waals surface area contributed by atoms with Gasteiger partial charge in [0.25, 0.3) is 23.6 Å². The van der Waals surface area contributed by atoms with E-state index in [0.29, 0.717) is 88.4 Å². The number of aromatic nitrogens is 2. The summed E-state index contributed by atoms with van der Waals surface area (Å²) in [5.74, 6) is -4.06. The van der Waals surface area contributed by atoms with E-state index in [2.05, 4.69) is 78.3 Å². The number of benzene rings is 6. The lowest BCUT2D eigenvalue weighted by Crippen LogP contribution is -2.47. The molecule has 6 aromatic carbocycles. The lowest BCUT2D eigenvalue weighted by molar-refractivity contribution is -0.129. The molecule has 0 saturated carbocycles. The standard InChI is InChI=1S/C75H78N10O10/c1-48(50-15-9-7-10-16-50)80-37-41-82(42-38-80)59-21-13-19-56-68(59)74(90)84(72(56)88)58(54-23-25-62(92-3)64(45-54)94-5)31-36-78-70(86)66(52-27-32-76-33-28-52)67(53-29-34-77-35-30-53)71(87)79-47-61(55-24-26-63(93-4)65(46-55)95-6)85-73(89)57-20-14-22-60(69(57)75(85)91)83-43-39-81(40-44-83)49(2)51-17-11-8-12-18-51/h7-30,32-35,45-46,48-49,58,61,66-67H,31,36-44,47H2,1-6H3,(H,78,86)(H,79,87). The highest BCUT2D eigenvalue weighted by Crippen LogP contribution is 2.43. The van der Waals surface area contributed by atoms with Gasteiger partial charge in [-0.1, -0.05) is 84.9 Å². The summed E-state index contributed by atoms with van der Waals surface area (Å²) in [6, 6.07) is 46.8. The number of nitrogens with zero attached hydrogens (tertiary/aromatic N) is 8. The first-order valence-corrected chi connectivity index (χ1v) is 32.2. The Morgan fingerprint density at radius 3 is 1.24 bits per heavy atom. The first-order valence-electron chi connectivity index (χ1n) is 32.2. The van der Waals surface area contributed by atoms with Gasteiger partial charge in [-0.2, -0.15) is 0 Å². The molecule has 2 fully saturated rings. The summed E-state index contributed by atoms with van der Waals surface area (Å²) in [7, 11) is 6.03. The number of imide groups is 2. The molecule has 6 heterocycles. The van der Waals surface area contributed by atoms with Crippen molar-refractivity contribution in [2.45, 2.75) is 56.3 Å². The van der Waals surface area contributed by atoms with Crippen LogP contribution in [0.4, 0.5) is 11.4 Å². The van der Waals surface area contributed by atoms with Crippen molar-refractivity contribution in [3.05, 3.63) is 238 Å². The molecule has 95 heavy (non-hydrogen) atoms.